The Labute approximate surface area is 145 Å². The molecule has 24 heavy (non-hydrogen) atoms. The molecule has 5 heteroatoms. The Bertz CT molecular complexity index is 526. The lowest BCUT2D eigenvalue weighted by molar-refractivity contribution is -0.123. The van der Waals surface area contributed by atoms with Crippen molar-refractivity contribution in [2.24, 2.45) is 5.92 Å². The van der Waals surface area contributed by atoms with Crippen LogP contribution in [-0.4, -0.2) is 42.9 Å². The zero-order chi connectivity index (χ0) is 18.1. The van der Waals surface area contributed by atoms with Crippen LogP contribution >= 0.6 is 0 Å². The van der Waals surface area contributed by atoms with Gasteiger partial charge in [0, 0.05) is 11.7 Å². The number of carbonyl (C=O) groups is 2. The van der Waals surface area contributed by atoms with Crippen LogP contribution in [0.15, 0.2) is 24.3 Å². The number of rotatable bonds is 9. The van der Waals surface area contributed by atoms with Gasteiger partial charge in [0.15, 0.2) is 0 Å². The molecule has 0 fully saturated rings. The summed E-state index contributed by atoms with van der Waals surface area (Å²) in [6.07, 6.45) is 2.07. The molecule has 0 heterocycles. The molecule has 0 saturated heterocycles. The van der Waals surface area contributed by atoms with Crippen LogP contribution in [0.2, 0.25) is 0 Å². The van der Waals surface area contributed by atoms with Crippen molar-refractivity contribution in [3.05, 3.63) is 29.8 Å². The molecule has 0 radical (unpaired) electrons. The summed E-state index contributed by atoms with van der Waals surface area (Å²) in [5.74, 6) is 0.469. The predicted molar refractivity (Wildman–Crippen MR) is 99.0 cm³/mol. The van der Waals surface area contributed by atoms with Gasteiger partial charge in [0.25, 0.3) is 0 Å². The van der Waals surface area contributed by atoms with Gasteiger partial charge in [0.05, 0.1) is 13.1 Å². The maximum atomic E-state index is 12.0. The molecule has 2 amide bonds. The molecule has 1 aromatic carbocycles. The molecule has 0 aliphatic rings. The molecule has 1 atom stereocenters. The molecule has 0 aromatic heterocycles. The average molecular weight is 333 g/mol. The second-order valence-electron chi connectivity index (χ2n) is 7.03. The van der Waals surface area contributed by atoms with Gasteiger partial charge in [-0.3, -0.25) is 14.5 Å². The third-order valence-electron chi connectivity index (χ3n) is 3.75. The Morgan fingerprint density at radius 3 is 2.17 bits per heavy atom. The molecule has 0 aliphatic carbocycles. The first kappa shape index (κ1) is 20.2. The van der Waals surface area contributed by atoms with E-state index in [0.29, 0.717) is 5.92 Å². The van der Waals surface area contributed by atoms with Crippen molar-refractivity contribution in [3.63, 3.8) is 0 Å². The Balaban J connectivity index is 2.31. The van der Waals surface area contributed by atoms with E-state index in [-0.39, 0.29) is 30.9 Å². The monoisotopic (exact) mass is 333 g/mol. The number of aryl methyl sites for hydroxylation is 1. The fourth-order valence-corrected chi connectivity index (χ4v) is 2.36. The first-order valence-electron chi connectivity index (χ1n) is 8.60. The number of nitrogens with one attached hydrogen (secondary N) is 2. The van der Waals surface area contributed by atoms with E-state index in [2.05, 4.69) is 24.5 Å². The second kappa shape index (κ2) is 10.1. The molecule has 0 unspecified atom stereocenters. The topological polar surface area (TPSA) is 61.4 Å². The zero-order valence-corrected chi connectivity index (χ0v) is 15.6. The smallest absolute Gasteiger partial charge is 0.238 e. The lowest BCUT2D eigenvalue weighted by Gasteiger charge is -2.19. The fraction of sp³-hybridized carbons (Fsp3) is 0.579. The van der Waals surface area contributed by atoms with Gasteiger partial charge in [-0.25, -0.2) is 0 Å². The lowest BCUT2D eigenvalue weighted by atomic mass is 10.0. The van der Waals surface area contributed by atoms with E-state index in [4.69, 9.17) is 0 Å². The van der Waals surface area contributed by atoms with Gasteiger partial charge in [-0.2, -0.15) is 0 Å². The summed E-state index contributed by atoms with van der Waals surface area (Å²) in [6.45, 7) is 8.77. The van der Waals surface area contributed by atoms with E-state index in [0.717, 1.165) is 24.1 Å². The summed E-state index contributed by atoms with van der Waals surface area (Å²) in [5.41, 5.74) is 1.92. The third-order valence-corrected chi connectivity index (χ3v) is 3.75. The van der Waals surface area contributed by atoms with Crippen LogP contribution < -0.4 is 10.6 Å². The van der Waals surface area contributed by atoms with Crippen molar-refractivity contribution in [1.82, 2.24) is 10.2 Å². The number of carbonyl (C=O) groups excluding carboxylic acids is 2. The largest absolute Gasteiger partial charge is 0.353 e. The minimum absolute atomic E-state index is 0.0445. The fourth-order valence-electron chi connectivity index (χ4n) is 2.36. The van der Waals surface area contributed by atoms with E-state index in [1.54, 1.807) is 11.9 Å². The number of anilines is 1. The van der Waals surface area contributed by atoms with Gasteiger partial charge in [-0.05, 0) is 51.8 Å². The van der Waals surface area contributed by atoms with Gasteiger partial charge in [0.2, 0.25) is 11.8 Å². The van der Waals surface area contributed by atoms with Crippen molar-refractivity contribution in [3.8, 4) is 0 Å². The highest BCUT2D eigenvalue weighted by Gasteiger charge is 2.13. The number of benzene rings is 1. The molecule has 0 aliphatic heterocycles. The Morgan fingerprint density at radius 1 is 1.00 bits per heavy atom. The zero-order valence-electron chi connectivity index (χ0n) is 15.6. The highest BCUT2D eigenvalue weighted by Crippen LogP contribution is 2.08. The summed E-state index contributed by atoms with van der Waals surface area (Å²) in [7, 11) is 1.77. The molecule has 5 nitrogen and oxygen atoms in total. The Hall–Kier alpha value is -1.88. The van der Waals surface area contributed by atoms with Gasteiger partial charge < -0.3 is 10.6 Å². The van der Waals surface area contributed by atoms with E-state index in [1.807, 2.05) is 38.1 Å². The number of amides is 2. The summed E-state index contributed by atoms with van der Waals surface area (Å²) in [4.78, 5) is 25.7. The highest BCUT2D eigenvalue weighted by atomic mass is 16.2. The molecule has 2 N–H and O–H groups in total. The number of hydrogen-bond donors (Lipinski definition) is 2. The first-order valence-corrected chi connectivity index (χ1v) is 8.60. The molecule has 1 aromatic rings. The predicted octanol–water partition coefficient (Wildman–Crippen LogP) is 2.81. The molecule has 0 bridgehead atoms. The van der Waals surface area contributed by atoms with Crippen LogP contribution in [0.4, 0.5) is 5.69 Å². The highest BCUT2D eigenvalue weighted by molar-refractivity contribution is 5.92. The SMILES string of the molecule is Cc1ccc(NC(=O)CN(C)CC(=O)N[C@H](C)CCC(C)C)cc1. The van der Waals surface area contributed by atoms with Crippen LogP contribution in [0.3, 0.4) is 0 Å². The molecule has 1 rings (SSSR count). The maximum Gasteiger partial charge on any atom is 0.238 e. The molecule has 0 spiro atoms. The number of likely N-dealkylation sites (N-methyl/N-ethyl adjacent to an activating group) is 1. The van der Waals surface area contributed by atoms with Crippen LogP contribution in [0.25, 0.3) is 0 Å². The Kier molecular flexibility index (Phi) is 8.47. The minimum Gasteiger partial charge on any atom is -0.353 e. The van der Waals surface area contributed by atoms with Gasteiger partial charge in [-0.1, -0.05) is 31.5 Å². The van der Waals surface area contributed by atoms with Gasteiger partial charge in [0.1, 0.15) is 0 Å². The van der Waals surface area contributed by atoms with E-state index in [9.17, 15) is 9.59 Å². The number of hydrogen-bond acceptors (Lipinski definition) is 3. The maximum absolute atomic E-state index is 12.0. The van der Waals surface area contributed by atoms with E-state index < -0.39 is 0 Å². The van der Waals surface area contributed by atoms with Crippen molar-refractivity contribution in [1.29, 1.82) is 0 Å². The summed E-state index contributed by atoms with van der Waals surface area (Å²) < 4.78 is 0. The van der Waals surface area contributed by atoms with Crippen LogP contribution in [0.5, 0.6) is 0 Å². The molecule has 134 valence electrons. The molecular formula is C19H31N3O2. The van der Waals surface area contributed by atoms with Crippen LogP contribution in [0.1, 0.15) is 39.2 Å². The lowest BCUT2D eigenvalue weighted by Crippen LogP contribution is -2.42. The summed E-state index contributed by atoms with van der Waals surface area (Å²) in [6, 6.07) is 7.80. The number of nitrogens with zero attached hydrogens (tertiary/aromatic N) is 1. The quantitative estimate of drug-likeness (QED) is 0.730. The van der Waals surface area contributed by atoms with E-state index in [1.165, 1.54) is 0 Å². The van der Waals surface area contributed by atoms with Crippen molar-refractivity contribution in [2.45, 2.75) is 46.6 Å². The molecule has 0 saturated carbocycles. The van der Waals surface area contributed by atoms with Crippen molar-refractivity contribution in [2.75, 3.05) is 25.5 Å². The Morgan fingerprint density at radius 2 is 1.58 bits per heavy atom. The molecular weight excluding hydrogens is 302 g/mol. The van der Waals surface area contributed by atoms with Gasteiger partial charge >= 0.3 is 0 Å². The van der Waals surface area contributed by atoms with E-state index >= 15 is 0 Å². The normalized spacial score (nSPS) is 12.3. The third kappa shape index (κ3) is 8.67. The van der Waals surface area contributed by atoms with Crippen molar-refractivity contribution < 1.29 is 9.59 Å². The summed E-state index contributed by atoms with van der Waals surface area (Å²) in [5, 5.41) is 5.82. The second-order valence-corrected chi connectivity index (χ2v) is 7.03. The van der Waals surface area contributed by atoms with Crippen LogP contribution in [0, 0.1) is 12.8 Å². The first-order chi connectivity index (χ1) is 11.3. The summed E-state index contributed by atoms with van der Waals surface area (Å²) >= 11 is 0. The van der Waals surface area contributed by atoms with Crippen molar-refractivity contribution >= 4 is 17.5 Å². The minimum atomic E-state index is -0.123. The average Bonchev–Trinajstić information content (AvgIpc) is 2.47. The van der Waals surface area contributed by atoms with Gasteiger partial charge in [-0.15, -0.1) is 0 Å². The standard InChI is InChI=1S/C19H31N3O2/c1-14(2)6-9-16(4)20-18(23)12-22(5)13-19(24)21-17-10-7-15(3)8-11-17/h7-8,10-11,14,16H,6,9,12-13H2,1-5H3,(H,20,23)(H,21,24)/t16-/m1/s1. The van der Waals surface area contributed by atoms with Crippen LogP contribution in [-0.2, 0) is 9.59 Å².